The van der Waals surface area contributed by atoms with Crippen molar-refractivity contribution in [3.8, 4) is 11.3 Å². The highest BCUT2D eigenvalue weighted by Gasteiger charge is 2.59. The fourth-order valence-electron chi connectivity index (χ4n) is 5.81. The third-order valence-electron chi connectivity index (χ3n) is 8.12. The van der Waals surface area contributed by atoms with Crippen LogP contribution >= 0.6 is 0 Å². The van der Waals surface area contributed by atoms with E-state index in [1.54, 1.807) is 0 Å². The number of likely N-dealkylation sites (tertiary alicyclic amines) is 1. The number of hydrogen-bond acceptors (Lipinski definition) is 4. The van der Waals surface area contributed by atoms with Crippen molar-refractivity contribution in [2.45, 2.75) is 19.3 Å². The molecule has 1 aliphatic carbocycles. The Morgan fingerprint density at radius 3 is 2.17 bits per heavy atom. The second-order valence-electron chi connectivity index (χ2n) is 10.1. The number of para-hydroxylation sites is 1. The average molecular weight is 470 g/mol. The summed E-state index contributed by atoms with van der Waals surface area (Å²) in [6, 6.07) is 22.1. The van der Waals surface area contributed by atoms with E-state index in [0.29, 0.717) is 24.7 Å². The summed E-state index contributed by atoms with van der Waals surface area (Å²) in [6.07, 6.45) is 2.77. The molecular weight excluding hydrogens is 438 g/mol. The van der Waals surface area contributed by atoms with Gasteiger partial charge in [0.05, 0.1) is 5.69 Å². The summed E-state index contributed by atoms with van der Waals surface area (Å²) >= 11 is 0. The number of carbonyl (C=O) groups is 2. The lowest BCUT2D eigenvalue weighted by molar-refractivity contribution is -0.134. The normalized spacial score (nSPS) is 21.3. The molecule has 0 bridgehead atoms. The summed E-state index contributed by atoms with van der Waals surface area (Å²) in [4.78, 5) is 32.7. The molecule has 2 saturated heterocycles. The van der Waals surface area contributed by atoms with Gasteiger partial charge in [0.15, 0.2) is 0 Å². The van der Waals surface area contributed by atoms with E-state index in [2.05, 4.69) is 44.3 Å². The van der Waals surface area contributed by atoms with Crippen LogP contribution in [0.25, 0.3) is 11.3 Å². The van der Waals surface area contributed by atoms with E-state index in [0.717, 1.165) is 56.7 Å². The number of amides is 2. The molecule has 3 heterocycles. The second-order valence-corrected chi connectivity index (χ2v) is 10.1. The Morgan fingerprint density at radius 2 is 1.49 bits per heavy atom. The molecule has 35 heavy (non-hydrogen) atoms. The van der Waals surface area contributed by atoms with E-state index >= 15 is 0 Å². The Hall–Kier alpha value is -3.61. The summed E-state index contributed by atoms with van der Waals surface area (Å²) in [5, 5.41) is 7.25. The predicted octanol–water partition coefficient (Wildman–Crippen LogP) is 3.67. The number of nitrogens with one attached hydrogen (secondary N) is 1. The maximum Gasteiger partial charge on any atom is 0.271 e. The Labute approximate surface area is 205 Å². The standard InChI is InChI=1S/C28H31N5O2/c34-26(33-17-15-31(16-18-33)22-9-5-2-6-10-22)23-20-28(23)11-13-32(14-12-28)27(35)25-19-24(29-30-25)21-7-3-1-4-8-21/h1-10,19,23H,11-18,20H2,(H,29,30)/t23-/m1/s1. The first-order valence-corrected chi connectivity index (χ1v) is 12.6. The highest BCUT2D eigenvalue weighted by atomic mass is 16.2. The zero-order valence-electron chi connectivity index (χ0n) is 19.9. The number of aromatic nitrogens is 2. The number of hydrogen-bond donors (Lipinski definition) is 1. The van der Waals surface area contributed by atoms with Crippen LogP contribution < -0.4 is 4.90 Å². The number of piperazine rings is 1. The van der Waals surface area contributed by atoms with Gasteiger partial charge in [0.1, 0.15) is 5.69 Å². The fraction of sp³-hybridized carbons (Fsp3) is 0.393. The van der Waals surface area contributed by atoms with Crippen molar-refractivity contribution in [1.82, 2.24) is 20.0 Å². The fourth-order valence-corrected chi connectivity index (χ4v) is 5.81. The van der Waals surface area contributed by atoms with Crippen molar-refractivity contribution in [2.75, 3.05) is 44.2 Å². The van der Waals surface area contributed by atoms with E-state index in [1.165, 1.54) is 5.69 Å². The molecule has 0 unspecified atom stereocenters. The quantitative estimate of drug-likeness (QED) is 0.633. The Bertz CT molecular complexity index is 1190. The first kappa shape index (κ1) is 21.9. The Morgan fingerprint density at radius 1 is 0.829 bits per heavy atom. The van der Waals surface area contributed by atoms with E-state index in [-0.39, 0.29) is 17.2 Å². The molecular formula is C28H31N5O2. The van der Waals surface area contributed by atoms with Gasteiger partial charge in [-0.3, -0.25) is 14.7 Å². The number of carbonyl (C=O) groups excluding carboxylic acids is 2. The highest BCUT2D eigenvalue weighted by Crippen LogP contribution is 2.60. The molecule has 2 aromatic carbocycles. The number of anilines is 1. The molecule has 3 aromatic rings. The smallest absolute Gasteiger partial charge is 0.271 e. The van der Waals surface area contributed by atoms with Crippen LogP contribution in [-0.4, -0.2) is 71.1 Å². The molecule has 2 amide bonds. The summed E-state index contributed by atoms with van der Waals surface area (Å²) < 4.78 is 0. The van der Waals surface area contributed by atoms with Gasteiger partial charge in [-0.05, 0) is 42.9 Å². The molecule has 1 spiro atoms. The molecule has 6 rings (SSSR count). The Kier molecular flexibility index (Phi) is 5.55. The van der Waals surface area contributed by atoms with Crippen LogP contribution in [0.4, 0.5) is 5.69 Å². The number of nitrogens with zero attached hydrogens (tertiary/aromatic N) is 4. The second kappa shape index (κ2) is 8.87. The van der Waals surface area contributed by atoms with Crippen LogP contribution in [0.15, 0.2) is 66.7 Å². The van der Waals surface area contributed by atoms with Gasteiger partial charge in [-0.2, -0.15) is 5.10 Å². The van der Waals surface area contributed by atoms with E-state index in [4.69, 9.17) is 0 Å². The van der Waals surface area contributed by atoms with Crippen molar-refractivity contribution < 1.29 is 9.59 Å². The number of aromatic amines is 1. The molecule has 0 radical (unpaired) electrons. The molecule has 3 aliphatic rings. The predicted molar refractivity (Wildman–Crippen MR) is 135 cm³/mol. The summed E-state index contributed by atoms with van der Waals surface area (Å²) in [6.45, 7) is 4.73. The van der Waals surface area contributed by atoms with Gasteiger partial charge in [-0.25, -0.2) is 0 Å². The van der Waals surface area contributed by atoms with Crippen LogP contribution in [0.2, 0.25) is 0 Å². The third-order valence-corrected chi connectivity index (χ3v) is 8.12. The van der Waals surface area contributed by atoms with Gasteiger partial charge in [0.25, 0.3) is 5.91 Å². The van der Waals surface area contributed by atoms with Crippen LogP contribution in [-0.2, 0) is 4.79 Å². The van der Waals surface area contributed by atoms with Crippen LogP contribution in [0.5, 0.6) is 0 Å². The van der Waals surface area contributed by atoms with Crippen molar-refractivity contribution in [3.05, 3.63) is 72.4 Å². The van der Waals surface area contributed by atoms with E-state index in [1.807, 2.05) is 47.4 Å². The van der Waals surface area contributed by atoms with Crippen molar-refractivity contribution in [2.24, 2.45) is 11.3 Å². The van der Waals surface area contributed by atoms with Gasteiger partial charge >= 0.3 is 0 Å². The van der Waals surface area contributed by atoms with Crippen molar-refractivity contribution >= 4 is 17.5 Å². The summed E-state index contributed by atoms with van der Waals surface area (Å²) in [5.74, 6) is 0.438. The monoisotopic (exact) mass is 469 g/mol. The van der Waals surface area contributed by atoms with Gasteiger partial charge in [-0.15, -0.1) is 0 Å². The lowest BCUT2D eigenvalue weighted by Gasteiger charge is -2.37. The topological polar surface area (TPSA) is 72.5 Å². The van der Waals surface area contributed by atoms with Crippen LogP contribution in [0, 0.1) is 11.3 Å². The Balaban J connectivity index is 1.02. The average Bonchev–Trinajstić information content (AvgIpc) is 3.38. The zero-order chi connectivity index (χ0) is 23.8. The SMILES string of the molecule is O=C(c1cc(-c2ccccc2)n[nH]1)N1CCC2(CC1)C[C@@H]2C(=O)N1CCN(c2ccccc2)CC1. The van der Waals surface area contributed by atoms with Crippen LogP contribution in [0.3, 0.4) is 0 Å². The summed E-state index contributed by atoms with van der Waals surface area (Å²) in [5.41, 5.74) is 3.62. The highest BCUT2D eigenvalue weighted by molar-refractivity contribution is 5.93. The minimum Gasteiger partial charge on any atom is -0.368 e. The molecule has 7 nitrogen and oxygen atoms in total. The molecule has 1 aromatic heterocycles. The maximum atomic E-state index is 13.3. The van der Waals surface area contributed by atoms with Gasteiger partial charge < -0.3 is 14.7 Å². The van der Waals surface area contributed by atoms with E-state index < -0.39 is 0 Å². The zero-order valence-corrected chi connectivity index (χ0v) is 19.9. The third kappa shape index (κ3) is 4.20. The summed E-state index contributed by atoms with van der Waals surface area (Å²) in [7, 11) is 0. The molecule has 1 saturated carbocycles. The first-order valence-electron chi connectivity index (χ1n) is 12.6. The minimum absolute atomic E-state index is 0.00454. The molecule has 2 aliphatic heterocycles. The largest absolute Gasteiger partial charge is 0.368 e. The number of piperidine rings is 1. The number of rotatable bonds is 4. The molecule has 7 heteroatoms. The van der Waals surface area contributed by atoms with Gasteiger partial charge in [-0.1, -0.05) is 48.5 Å². The van der Waals surface area contributed by atoms with Gasteiger partial charge in [0.2, 0.25) is 5.91 Å². The molecule has 1 atom stereocenters. The first-order chi connectivity index (χ1) is 17.1. The van der Waals surface area contributed by atoms with E-state index in [9.17, 15) is 9.59 Å². The maximum absolute atomic E-state index is 13.3. The minimum atomic E-state index is -0.00454. The number of benzene rings is 2. The van der Waals surface area contributed by atoms with Crippen molar-refractivity contribution in [3.63, 3.8) is 0 Å². The number of H-pyrrole nitrogens is 1. The van der Waals surface area contributed by atoms with Crippen molar-refractivity contribution in [1.29, 1.82) is 0 Å². The molecule has 3 fully saturated rings. The molecule has 180 valence electrons. The lowest BCUT2D eigenvalue weighted by Crippen LogP contribution is -2.50. The van der Waals surface area contributed by atoms with Gasteiger partial charge in [0, 0.05) is 56.4 Å². The molecule has 1 N–H and O–H groups in total. The van der Waals surface area contributed by atoms with Crippen LogP contribution in [0.1, 0.15) is 29.8 Å². The lowest BCUT2D eigenvalue weighted by atomic mass is 9.90.